The Labute approximate surface area is 116 Å². The van der Waals surface area contributed by atoms with Gasteiger partial charge < -0.3 is 10.4 Å². The van der Waals surface area contributed by atoms with Gasteiger partial charge in [-0.2, -0.15) is 0 Å². The maximum Gasteiger partial charge on any atom is 0.339 e. The van der Waals surface area contributed by atoms with E-state index < -0.39 is 5.97 Å². The molecule has 0 spiro atoms. The van der Waals surface area contributed by atoms with Crippen molar-refractivity contribution in [3.63, 3.8) is 0 Å². The van der Waals surface area contributed by atoms with Crippen molar-refractivity contribution in [3.05, 3.63) is 52.3 Å². The molecule has 98 valence electrons. The van der Waals surface area contributed by atoms with E-state index in [-0.39, 0.29) is 5.56 Å². The second-order valence-corrected chi connectivity index (χ2v) is 4.69. The molecule has 0 aliphatic rings. The molecule has 19 heavy (non-hydrogen) atoms. The minimum atomic E-state index is -1.03. The van der Waals surface area contributed by atoms with Gasteiger partial charge in [0.2, 0.25) is 0 Å². The molecular weight excluding hydrogens is 264 g/mol. The van der Waals surface area contributed by atoms with Crippen molar-refractivity contribution in [2.75, 3.05) is 5.32 Å². The number of pyridine rings is 1. The number of hydrogen-bond donors (Lipinski definition) is 2. The maximum atomic E-state index is 11.1. The summed E-state index contributed by atoms with van der Waals surface area (Å²) in [7, 11) is 0. The number of aromatic carboxylic acids is 1. The first kappa shape index (κ1) is 13.4. The van der Waals surface area contributed by atoms with E-state index >= 15 is 0 Å². The summed E-state index contributed by atoms with van der Waals surface area (Å²) in [5.74, 6) is -1.03. The summed E-state index contributed by atoms with van der Waals surface area (Å²) in [5, 5.41) is 12.7. The summed E-state index contributed by atoms with van der Waals surface area (Å²) in [6, 6.07) is 7.22. The fourth-order valence-electron chi connectivity index (χ4n) is 1.70. The van der Waals surface area contributed by atoms with Gasteiger partial charge in [-0.1, -0.05) is 17.7 Å². The lowest BCUT2D eigenvalue weighted by Gasteiger charge is -2.12. The zero-order valence-corrected chi connectivity index (χ0v) is 11.3. The van der Waals surface area contributed by atoms with Crippen LogP contribution in [0.5, 0.6) is 0 Å². The third-order valence-electron chi connectivity index (χ3n) is 2.67. The lowest BCUT2D eigenvalue weighted by atomic mass is 10.2. The standard InChI is InChI=1S/C14H13ClN2O2/c1-8-3-4-12(11(15)5-8)17-13-6-9(2)16-7-10(13)14(18)19/h3-7H,1-2H3,(H,16,17)(H,18,19). The van der Waals surface area contributed by atoms with Gasteiger partial charge in [-0.15, -0.1) is 0 Å². The number of nitrogens with one attached hydrogen (secondary N) is 1. The zero-order chi connectivity index (χ0) is 14.0. The lowest BCUT2D eigenvalue weighted by molar-refractivity contribution is 0.0697. The molecule has 0 fully saturated rings. The van der Waals surface area contributed by atoms with E-state index in [1.165, 1.54) is 6.20 Å². The van der Waals surface area contributed by atoms with Crippen LogP contribution in [0.2, 0.25) is 5.02 Å². The van der Waals surface area contributed by atoms with E-state index in [4.69, 9.17) is 16.7 Å². The maximum absolute atomic E-state index is 11.1. The van der Waals surface area contributed by atoms with Crippen LogP contribution in [0.1, 0.15) is 21.6 Å². The molecule has 4 nitrogen and oxygen atoms in total. The first-order valence-corrected chi connectivity index (χ1v) is 6.08. The van der Waals surface area contributed by atoms with Crippen LogP contribution >= 0.6 is 11.6 Å². The first-order chi connectivity index (χ1) is 8.97. The average molecular weight is 277 g/mol. The van der Waals surface area contributed by atoms with Crippen molar-refractivity contribution < 1.29 is 9.90 Å². The van der Waals surface area contributed by atoms with Crippen molar-refractivity contribution in [1.82, 2.24) is 4.98 Å². The monoisotopic (exact) mass is 276 g/mol. The largest absolute Gasteiger partial charge is 0.478 e. The van der Waals surface area contributed by atoms with Crippen LogP contribution in [0.25, 0.3) is 0 Å². The SMILES string of the molecule is Cc1ccc(Nc2cc(C)ncc2C(=O)O)c(Cl)c1. The normalized spacial score (nSPS) is 10.3. The number of rotatable bonds is 3. The highest BCUT2D eigenvalue weighted by molar-refractivity contribution is 6.33. The Morgan fingerprint density at radius 2 is 2.00 bits per heavy atom. The Morgan fingerprint density at radius 1 is 1.26 bits per heavy atom. The second-order valence-electron chi connectivity index (χ2n) is 4.28. The van der Waals surface area contributed by atoms with Crippen LogP contribution in [0.3, 0.4) is 0 Å². The molecule has 0 radical (unpaired) electrons. The molecule has 2 aromatic rings. The quantitative estimate of drug-likeness (QED) is 0.895. The smallest absolute Gasteiger partial charge is 0.339 e. The first-order valence-electron chi connectivity index (χ1n) is 5.70. The van der Waals surface area contributed by atoms with E-state index in [0.29, 0.717) is 16.4 Å². The average Bonchev–Trinajstić information content (AvgIpc) is 2.32. The predicted octanol–water partition coefficient (Wildman–Crippen LogP) is 3.79. The van der Waals surface area contributed by atoms with Gasteiger partial charge in [0.1, 0.15) is 5.56 Å². The molecule has 0 atom stereocenters. The molecule has 0 aliphatic heterocycles. The van der Waals surface area contributed by atoms with Gasteiger partial charge in [-0.05, 0) is 37.6 Å². The van der Waals surface area contributed by atoms with Crippen LogP contribution in [0.15, 0.2) is 30.5 Å². The summed E-state index contributed by atoms with van der Waals surface area (Å²) in [4.78, 5) is 15.1. The van der Waals surface area contributed by atoms with E-state index in [0.717, 1.165) is 11.3 Å². The number of anilines is 2. The molecule has 1 aromatic carbocycles. The number of hydrogen-bond acceptors (Lipinski definition) is 3. The van der Waals surface area contributed by atoms with Crippen molar-refractivity contribution in [2.45, 2.75) is 13.8 Å². The molecule has 0 saturated heterocycles. The number of carbonyl (C=O) groups is 1. The third-order valence-corrected chi connectivity index (χ3v) is 2.98. The van der Waals surface area contributed by atoms with Gasteiger partial charge in [0.05, 0.1) is 16.4 Å². The fraction of sp³-hybridized carbons (Fsp3) is 0.143. The second kappa shape index (κ2) is 5.28. The van der Waals surface area contributed by atoms with Crippen molar-refractivity contribution in [3.8, 4) is 0 Å². The van der Waals surface area contributed by atoms with Crippen molar-refractivity contribution >= 4 is 28.9 Å². The fourth-order valence-corrected chi connectivity index (χ4v) is 1.98. The number of benzene rings is 1. The third kappa shape index (κ3) is 3.03. The molecule has 0 aliphatic carbocycles. The number of aryl methyl sites for hydroxylation is 2. The molecule has 5 heteroatoms. The molecule has 0 bridgehead atoms. The van der Waals surface area contributed by atoms with E-state index in [1.807, 2.05) is 25.1 Å². The van der Waals surface area contributed by atoms with Crippen LogP contribution in [-0.4, -0.2) is 16.1 Å². The molecule has 2 rings (SSSR count). The molecule has 1 aromatic heterocycles. The summed E-state index contributed by atoms with van der Waals surface area (Å²) in [5.41, 5.74) is 3.03. The number of aromatic nitrogens is 1. The molecule has 0 saturated carbocycles. The molecule has 2 N–H and O–H groups in total. The minimum Gasteiger partial charge on any atom is -0.478 e. The number of carboxylic acid groups (broad SMARTS) is 1. The van der Waals surface area contributed by atoms with Gasteiger partial charge in [-0.25, -0.2) is 4.79 Å². The van der Waals surface area contributed by atoms with Crippen LogP contribution < -0.4 is 5.32 Å². The topological polar surface area (TPSA) is 62.2 Å². The number of carboxylic acids is 1. The Balaban J connectivity index is 2.42. The number of halogens is 1. The molecule has 0 amide bonds. The van der Waals surface area contributed by atoms with Crippen LogP contribution in [0.4, 0.5) is 11.4 Å². The lowest BCUT2D eigenvalue weighted by Crippen LogP contribution is -2.04. The Bertz CT molecular complexity index is 641. The summed E-state index contributed by atoms with van der Waals surface area (Å²) >= 11 is 6.13. The van der Waals surface area contributed by atoms with Crippen molar-refractivity contribution in [2.24, 2.45) is 0 Å². The van der Waals surface area contributed by atoms with Crippen LogP contribution in [0, 0.1) is 13.8 Å². The summed E-state index contributed by atoms with van der Waals surface area (Å²) < 4.78 is 0. The van der Waals surface area contributed by atoms with Crippen molar-refractivity contribution in [1.29, 1.82) is 0 Å². The van der Waals surface area contributed by atoms with Gasteiger partial charge >= 0.3 is 5.97 Å². The Kier molecular flexibility index (Phi) is 3.71. The zero-order valence-electron chi connectivity index (χ0n) is 10.6. The Hall–Kier alpha value is -2.07. The van der Waals surface area contributed by atoms with Gasteiger partial charge in [0.15, 0.2) is 0 Å². The van der Waals surface area contributed by atoms with Gasteiger partial charge in [0.25, 0.3) is 0 Å². The number of nitrogens with zero attached hydrogens (tertiary/aromatic N) is 1. The molecule has 1 heterocycles. The molecular formula is C14H13ClN2O2. The van der Waals surface area contributed by atoms with Gasteiger partial charge in [-0.3, -0.25) is 4.98 Å². The minimum absolute atomic E-state index is 0.113. The van der Waals surface area contributed by atoms with Gasteiger partial charge in [0, 0.05) is 11.9 Å². The molecule has 0 unspecified atom stereocenters. The highest BCUT2D eigenvalue weighted by atomic mass is 35.5. The highest BCUT2D eigenvalue weighted by Gasteiger charge is 2.12. The van der Waals surface area contributed by atoms with Crippen LogP contribution in [-0.2, 0) is 0 Å². The van der Waals surface area contributed by atoms with E-state index in [1.54, 1.807) is 13.0 Å². The highest BCUT2D eigenvalue weighted by Crippen LogP contribution is 2.28. The Morgan fingerprint density at radius 3 is 2.63 bits per heavy atom. The summed E-state index contributed by atoms with van der Waals surface area (Å²) in [6.07, 6.45) is 1.34. The van der Waals surface area contributed by atoms with E-state index in [9.17, 15) is 4.79 Å². The van der Waals surface area contributed by atoms with E-state index in [2.05, 4.69) is 10.3 Å². The summed E-state index contributed by atoms with van der Waals surface area (Å²) in [6.45, 7) is 3.74. The predicted molar refractivity (Wildman–Crippen MR) is 75.4 cm³/mol.